The molecule has 0 spiro atoms. The summed E-state index contributed by atoms with van der Waals surface area (Å²) < 4.78 is 13.7. The van der Waals surface area contributed by atoms with Gasteiger partial charge >= 0.3 is 0 Å². The van der Waals surface area contributed by atoms with Gasteiger partial charge < -0.3 is 15.5 Å². The van der Waals surface area contributed by atoms with Crippen molar-refractivity contribution in [1.82, 2.24) is 15.6 Å². The normalized spacial score (nSPS) is 10.8. The molecule has 0 aliphatic carbocycles. The molecule has 0 atom stereocenters. The molecule has 2 aromatic rings. The third kappa shape index (κ3) is 6.49. The highest BCUT2D eigenvalue weighted by atomic mass is 127. The number of pyridine rings is 1. The minimum Gasteiger partial charge on any atom is -0.362 e. The summed E-state index contributed by atoms with van der Waals surface area (Å²) in [7, 11) is 3.91. The third-order valence-corrected chi connectivity index (χ3v) is 3.45. The van der Waals surface area contributed by atoms with Gasteiger partial charge in [0.15, 0.2) is 5.96 Å². The molecule has 0 unspecified atom stereocenters. The second-order valence-corrected chi connectivity index (χ2v) is 5.52. The van der Waals surface area contributed by atoms with Gasteiger partial charge in [0.1, 0.15) is 11.6 Å². The van der Waals surface area contributed by atoms with Crippen LogP contribution in [0.15, 0.2) is 47.6 Å². The Labute approximate surface area is 165 Å². The van der Waals surface area contributed by atoms with Crippen LogP contribution in [-0.2, 0) is 13.1 Å². The summed E-state index contributed by atoms with van der Waals surface area (Å²) in [5, 5.41) is 6.34. The van der Waals surface area contributed by atoms with Gasteiger partial charge in [0.2, 0.25) is 0 Å². The lowest BCUT2D eigenvalue weighted by Crippen LogP contribution is -2.37. The van der Waals surface area contributed by atoms with Crippen LogP contribution in [0.5, 0.6) is 0 Å². The Kier molecular flexibility index (Phi) is 9.18. The highest BCUT2D eigenvalue weighted by Crippen LogP contribution is 2.15. The number of hydrogen-bond acceptors (Lipinski definition) is 3. The summed E-state index contributed by atoms with van der Waals surface area (Å²) in [4.78, 5) is 10.9. The summed E-state index contributed by atoms with van der Waals surface area (Å²) in [5.41, 5.74) is 1.64. The Morgan fingerprint density at radius 3 is 2.52 bits per heavy atom. The largest absolute Gasteiger partial charge is 0.362 e. The van der Waals surface area contributed by atoms with Gasteiger partial charge in [-0.25, -0.2) is 14.4 Å². The van der Waals surface area contributed by atoms with Gasteiger partial charge in [-0.2, -0.15) is 0 Å². The predicted molar refractivity (Wildman–Crippen MR) is 112 cm³/mol. The van der Waals surface area contributed by atoms with E-state index in [4.69, 9.17) is 0 Å². The molecule has 0 saturated heterocycles. The number of nitrogens with one attached hydrogen (secondary N) is 2. The van der Waals surface area contributed by atoms with Crippen molar-refractivity contribution in [3.63, 3.8) is 0 Å². The zero-order valence-electron chi connectivity index (χ0n) is 14.8. The molecular weight excluding hydrogens is 432 g/mol. The number of anilines is 1. The minimum absolute atomic E-state index is 0. The first kappa shape index (κ1) is 21.1. The summed E-state index contributed by atoms with van der Waals surface area (Å²) in [6.45, 7) is 3.60. The van der Waals surface area contributed by atoms with Gasteiger partial charge in [-0.3, -0.25) is 0 Å². The van der Waals surface area contributed by atoms with E-state index in [9.17, 15) is 4.39 Å². The van der Waals surface area contributed by atoms with E-state index in [1.165, 1.54) is 6.07 Å². The molecule has 0 bridgehead atoms. The van der Waals surface area contributed by atoms with Crippen LogP contribution in [0.25, 0.3) is 0 Å². The second kappa shape index (κ2) is 10.9. The highest BCUT2D eigenvalue weighted by molar-refractivity contribution is 14.0. The Hall–Kier alpha value is -1.90. The topological polar surface area (TPSA) is 52.6 Å². The first-order valence-corrected chi connectivity index (χ1v) is 7.98. The number of benzene rings is 1. The number of aliphatic imine (C=N–C) groups is 1. The minimum atomic E-state index is -0.219. The molecule has 136 valence electrons. The van der Waals surface area contributed by atoms with Crippen molar-refractivity contribution >= 4 is 35.8 Å². The van der Waals surface area contributed by atoms with Crippen LogP contribution in [0, 0.1) is 5.82 Å². The van der Waals surface area contributed by atoms with E-state index in [1.54, 1.807) is 18.3 Å². The summed E-state index contributed by atoms with van der Waals surface area (Å²) in [6.07, 6.45) is 1.77. The second-order valence-electron chi connectivity index (χ2n) is 5.52. The summed E-state index contributed by atoms with van der Waals surface area (Å²) >= 11 is 0. The molecule has 1 aromatic heterocycles. The Morgan fingerprint density at radius 2 is 1.84 bits per heavy atom. The Bertz CT molecular complexity index is 691. The number of rotatable bonds is 6. The monoisotopic (exact) mass is 457 g/mol. The van der Waals surface area contributed by atoms with Gasteiger partial charge in [-0.1, -0.05) is 24.3 Å². The van der Waals surface area contributed by atoms with E-state index >= 15 is 0 Å². The van der Waals surface area contributed by atoms with Gasteiger partial charge in [-0.05, 0) is 19.1 Å². The molecule has 0 saturated carbocycles. The fraction of sp³-hybridized carbons (Fsp3) is 0.333. The molecule has 1 aromatic carbocycles. The zero-order valence-corrected chi connectivity index (χ0v) is 17.1. The quantitative estimate of drug-likeness (QED) is 0.398. The lowest BCUT2D eigenvalue weighted by Gasteiger charge is -2.16. The maximum Gasteiger partial charge on any atom is 0.191 e. The average molecular weight is 457 g/mol. The van der Waals surface area contributed by atoms with Gasteiger partial charge in [-0.15, -0.1) is 24.0 Å². The van der Waals surface area contributed by atoms with E-state index in [2.05, 4.69) is 20.6 Å². The Morgan fingerprint density at radius 1 is 1.12 bits per heavy atom. The lowest BCUT2D eigenvalue weighted by molar-refractivity contribution is 0.604. The summed E-state index contributed by atoms with van der Waals surface area (Å²) in [6, 6.07) is 10.6. The van der Waals surface area contributed by atoms with Crippen molar-refractivity contribution in [2.24, 2.45) is 4.99 Å². The van der Waals surface area contributed by atoms with Crippen molar-refractivity contribution in [2.45, 2.75) is 20.0 Å². The number of aromatic nitrogens is 1. The van der Waals surface area contributed by atoms with E-state index in [0.29, 0.717) is 24.6 Å². The van der Waals surface area contributed by atoms with Crippen LogP contribution in [0.3, 0.4) is 0 Å². The lowest BCUT2D eigenvalue weighted by atomic mass is 10.2. The average Bonchev–Trinajstić information content (AvgIpc) is 2.58. The SMILES string of the molecule is CCNC(=NCc1cccnc1N(C)C)NCc1ccccc1F.I. The van der Waals surface area contributed by atoms with E-state index in [0.717, 1.165) is 17.9 Å². The Balaban J connectivity index is 0.00000312. The molecule has 5 nitrogen and oxygen atoms in total. The van der Waals surface area contributed by atoms with Crippen molar-refractivity contribution in [3.05, 3.63) is 59.5 Å². The van der Waals surface area contributed by atoms with Crippen LogP contribution in [-0.4, -0.2) is 31.6 Å². The molecule has 0 aliphatic heterocycles. The number of guanidine groups is 1. The molecule has 2 rings (SSSR count). The predicted octanol–water partition coefficient (Wildman–Crippen LogP) is 3.16. The fourth-order valence-electron chi connectivity index (χ4n) is 2.28. The standard InChI is InChI=1S/C18H24FN5.HI/c1-4-20-18(22-12-14-8-5-6-10-16(14)19)23-13-15-9-7-11-21-17(15)24(2)3;/h5-11H,4,12-13H2,1-3H3,(H2,20,22,23);1H. The fourth-order valence-corrected chi connectivity index (χ4v) is 2.28. The van der Waals surface area contributed by atoms with Gasteiger partial charge in [0, 0.05) is 44.5 Å². The van der Waals surface area contributed by atoms with Gasteiger partial charge in [0.05, 0.1) is 6.54 Å². The zero-order chi connectivity index (χ0) is 17.4. The van der Waals surface area contributed by atoms with Crippen molar-refractivity contribution in [3.8, 4) is 0 Å². The molecule has 25 heavy (non-hydrogen) atoms. The first-order valence-electron chi connectivity index (χ1n) is 7.98. The molecule has 0 radical (unpaired) electrons. The third-order valence-electron chi connectivity index (χ3n) is 3.45. The molecular formula is C18H25FIN5. The molecule has 0 amide bonds. The molecule has 0 fully saturated rings. The highest BCUT2D eigenvalue weighted by Gasteiger charge is 2.06. The van der Waals surface area contributed by atoms with Crippen molar-refractivity contribution in [1.29, 1.82) is 0 Å². The van der Waals surface area contributed by atoms with Gasteiger partial charge in [0.25, 0.3) is 0 Å². The first-order chi connectivity index (χ1) is 11.6. The van der Waals surface area contributed by atoms with Crippen LogP contribution < -0.4 is 15.5 Å². The molecule has 2 N–H and O–H groups in total. The van der Waals surface area contributed by atoms with Crippen LogP contribution >= 0.6 is 24.0 Å². The van der Waals surface area contributed by atoms with E-state index < -0.39 is 0 Å². The van der Waals surface area contributed by atoms with Crippen molar-refractivity contribution < 1.29 is 4.39 Å². The number of halogens is 2. The number of nitrogens with zero attached hydrogens (tertiary/aromatic N) is 3. The van der Waals surface area contributed by atoms with E-state index in [1.807, 2.05) is 44.1 Å². The maximum absolute atomic E-state index is 13.7. The molecule has 1 heterocycles. The van der Waals surface area contributed by atoms with Crippen LogP contribution in [0.2, 0.25) is 0 Å². The van der Waals surface area contributed by atoms with Crippen LogP contribution in [0.1, 0.15) is 18.1 Å². The molecule has 0 aliphatic rings. The molecule has 7 heteroatoms. The van der Waals surface area contributed by atoms with Crippen molar-refractivity contribution in [2.75, 3.05) is 25.5 Å². The van der Waals surface area contributed by atoms with Crippen LogP contribution in [0.4, 0.5) is 10.2 Å². The maximum atomic E-state index is 13.7. The number of hydrogen-bond donors (Lipinski definition) is 2. The smallest absolute Gasteiger partial charge is 0.191 e. The van der Waals surface area contributed by atoms with E-state index in [-0.39, 0.29) is 29.8 Å². The summed E-state index contributed by atoms with van der Waals surface area (Å²) in [5.74, 6) is 1.32.